The van der Waals surface area contributed by atoms with Crippen molar-refractivity contribution in [3.63, 3.8) is 0 Å². The highest BCUT2D eigenvalue weighted by Gasteiger charge is 2.11. The average Bonchev–Trinajstić information content (AvgIpc) is 2.42. The number of carbonyl (C=O) groups is 1. The number of rotatable bonds is 15. The third-order valence-electron chi connectivity index (χ3n) is 2.68. The van der Waals surface area contributed by atoms with Gasteiger partial charge in [-0.05, 0) is 6.42 Å². The van der Waals surface area contributed by atoms with E-state index in [1.807, 2.05) is 0 Å². The molecule has 0 radical (unpaired) electrons. The summed E-state index contributed by atoms with van der Waals surface area (Å²) in [5.41, 5.74) is 0. The van der Waals surface area contributed by atoms with E-state index in [4.69, 9.17) is 29.5 Å². The highest BCUT2D eigenvalue weighted by molar-refractivity contribution is 5.66. The number of carboxylic acid groups (broad SMARTS) is 1. The molecule has 1 unspecified atom stereocenters. The highest BCUT2D eigenvalue weighted by atomic mass is 16.5. The highest BCUT2D eigenvalue weighted by Crippen LogP contribution is 2.03. The van der Waals surface area contributed by atoms with E-state index in [1.165, 1.54) is 0 Å². The van der Waals surface area contributed by atoms with Crippen LogP contribution in [0.2, 0.25) is 0 Å². The van der Waals surface area contributed by atoms with Crippen LogP contribution in [-0.2, 0) is 19.0 Å². The molecule has 7 nitrogen and oxygen atoms in total. The minimum absolute atomic E-state index is 0.00601. The van der Waals surface area contributed by atoms with Gasteiger partial charge in [0.1, 0.15) is 0 Å². The van der Waals surface area contributed by atoms with Gasteiger partial charge in [-0.15, -0.1) is 0 Å². The molecule has 0 aromatic rings. The zero-order valence-corrected chi connectivity index (χ0v) is 12.7. The van der Waals surface area contributed by atoms with E-state index in [9.17, 15) is 4.79 Å². The molecule has 0 amide bonds. The van der Waals surface area contributed by atoms with Crippen molar-refractivity contribution in [1.82, 2.24) is 0 Å². The first-order valence-corrected chi connectivity index (χ1v) is 7.37. The molecule has 0 heterocycles. The molecule has 7 heteroatoms. The van der Waals surface area contributed by atoms with Crippen molar-refractivity contribution in [2.75, 3.05) is 39.6 Å². The first-order chi connectivity index (χ1) is 10.1. The molecule has 1 atom stereocenters. The largest absolute Gasteiger partial charge is 0.481 e. The first-order valence-electron chi connectivity index (χ1n) is 7.37. The number of aliphatic hydroxyl groups is 2. The van der Waals surface area contributed by atoms with E-state index in [0.717, 1.165) is 12.8 Å². The van der Waals surface area contributed by atoms with Crippen molar-refractivity contribution in [3.8, 4) is 0 Å². The predicted octanol–water partition coefficient (Wildman–Crippen LogP) is 0.628. The molecule has 0 bridgehead atoms. The Balaban J connectivity index is 3.82. The fraction of sp³-hybridized carbons (Fsp3) is 0.929. The molecule has 0 aliphatic rings. The molecule has 3 N–H and O–H groups in total. The summed E-state index contributed by atoms with van der Waals surface area (Å²) in [6, 6.07) is 0. The molecule has 0 saturated heterocycles. The molecule has 0 aromatic carbocycles. The van der Waals surface area contributed by atoms with Gasteiger partial charge in [0.15, 0.2) is 6.29 Å². The molecule has 0 spiro atoms. The van der Waals surface area contributed by atoms with Crippen molar-refractivity contribution in [1.29, 1.82) is 0 Å². The van der Waals surface area contributed by atoms with Crippen LogP contribution in [0.3, 0.4) is 0 Å². The fourth-order valence-corrected chi connectivity index (χ4v) is 1.49. The lowest BCUT2D eigenvalue weighted by molar-refractivity contribution is -0.138. The van der Waals surface area contributed by atoms with Crippen LogP contribution in [-0.4, -0.2) is 67.2 Å². The summed E-state index contributed by atoms with van der Waals surface area (Å²) in [7, 11) is 0. The van der Waals surface area contributed by atoms with Crippen LogP contribution in [0, 0.1) is 5.92 Å². The quantitative estimate of drug-likeness (QED) is 0.301. The SMILES string of the molecule is CCCCOCC(COCCC(=O)O)COCCC(O)O. The Labute approximate surface area is 125 Å². The summed E-state index contributed by atoms with van der Waals surface area (Å²) in [6.07, 6.45) is 0.815. The molecule has 0 rings (SSSR count). The van der Waals surface area contributed by atoms with E-state index < -0.39 is 12.3 Å². The number of aliphatic carboxylic acids is 1. The van der Waals surface area contributed by atoms with Crippen LogP contribution in [0.5, 0.6) is 0 Å². The van der Waals surface area contributed by atoms with Crippen LogP contribution >= 0.6 is 0 Å². The monoisotopic (exact) mass is 308 g/mol. The molecule has 0 fully saturated rings. The number of hydrogen-bond donors (Lipinski definition) is 3. The van der Waals surface area contributed by atoms with Crippen LogP contribution in [0.4, 0.5) is 0 Å². The van der Waals surface area contributed by atoms with Crippen LogP contribution in [0.1, 0.15) is 32.6 Å². The molecular weight excluding hydrogens is 280 g/mol. The maximum Gasteiger partial charge on any atom is 0.305 e. The van der Waals surface area contributed by atoms with Gasteiger partial charge < -0.3 is 29.5 Å². The van der Waals surface area contributed by atoms with Crippen molar-refractivity contribution in [2.24, 2.45) is 5.92 Å². The molecule has 0 aliphatic carbocycles. The van der Waals surface area contributed by atoms with Gasteiger partial charge in [0, 0.05) is 18.9 Å². The van der Waals surface area contributed by atoms with E-state index in [2.05, 4.69) is 6.92 Å². The van der Waals surface area contributed by atoms with Crippen molar-refractivity contribution >= 4 is 5.97 Å². The Hall–Kier alpha value is -0.730. The maximum atomic E-state index is 10.4. The van der Waals surface area contributed by atoms with E-state index in [0.29, 0.717) is 26.4 Å². The van der Waals surface area contributed by atoms with Crippen LogP contribution < -0.4 is 0 Å². The predicted molar refractivity (Wildman–Crippen MR) is 76.0 cm³/mol. The number of aliphatic hydroxyl groups excluding tert-OH is 1. The smallest absolute Gasteiger partial charge is 0.305 e. The Bertz CT molecular complexity index is 245. The normalized spacial score (nSPS) is 12.8. The van der Waals surface area contributed by atoms with Crippen molar-refractivity contribution < 1.29 is 34.3 Å². The minimum atomic E-state index is -1.36. The standard InChI is InChI=1S/C14H28O7/c1-2-3-6-19-9-12(10-20-7-4-13(15)16)11-21-8-5-14(17)18/h12-13,15-16H,2-11H2,1H3,(H,17,18). The molecule has 126 valence electrons. The summed E-state index contributed by atoms with van der Waals surface area (Å²) in [4.78, 5) is 10.4. The van der Waals surface area contributed by atoms with Gasteiger partial charge in [0.25, 0.3) is 0 Å². The zero-order chi connectivity index (χ0) is 15.9. The lowest BCUT2D eigenvalue weighted by Gasteiger charge is -2.17. The van der Waals surface area contributed by atoms with Crippen molar-refractivity contribution in [3.05, 3.63) is 0 Å². The van der Waals surface area contributed by atoms with E-state index in [1.54, 1.807) is 0 Å². The van der Waals surface area contributed by atoms with E-state index >= 15 is 0 Å². The second-order valence-electron chi connectivity index (χ2n) is 4.86. The molecule has 0 saturated carbocycles. The number of unbranched alkanes of at least 4 members (excludes halogenated alkanes) is 1. The first kappa shape index (κ1) is 20.3. The molecular formula is C14H28O7. The molecule has 0 aromatic heterocycles. The summed E-state index contributed by atoms with van der Waals surface area (Å²) in [5, 5.41) is 26.0. The zero-order valence-electron chi connectivity index (χ0n) is 12.7. The van der Waals surface area contributed by atoms with Gasteiger partial charge in [-0.3, -0.25) is 4.79 Å². The number of carboxylic acids is 1. The third kappa shape index (κ3) is 15.5. The van der Waals surface area contributed by atoms with Gasteiger partial charge in [-0.1, -0.05) is 13.3 Å². The molecule has 21 heavy (non-hydrogen) atoms. The van der Waals surface area contributed by atoms with Crippen molar-refractivity contribution in [2.45, 2.75) is 38.9 Å². The van der Waals surface area contributed by atoms with E-state index in [-0.39, 0.29) is 32.0 Å². The second-order valence-corrected chi connectivity index (χ2v) is 4.86. The summed E-state index contributed by atoms with van der Waals surface area (Å²) in [5.74, 6) is -0.884. The second kappa shape index (κ2) is 14.2. The Morgan fingerprint density at radius 1 is 1.00 bits per heavy atom. The Kier molecular flexibility index (Phi) is 13.7. The number of ether oxygens (including phenoxy) is 3. The maximum absolute atomic E-state index is 10.4. The Morgan fingerprint density at radius 3 is 2.10 bits per heavy atom. The van der Waals surface area contributed by atoms with Gasteiger partial charge >= 0.3 is 5.97 Å². The van der Waals surface area contributed by atoms with Gasteiger partial charge in [0.05, 0.1) is 39.5 Å². The van der Waals surface area contributed by atoms with Gasteiger partial charge in [-0.25, -0.2) is 0 Å². The van der Waals surface area contributed by atoms with Crippen LogP contribution in [0.25, 0.3) is 0 Å². The summed E-state index contributed by atoms with van der Waals surface area (Å²) < 4.78 is 16.2. The minimum Gasteiger partial charge on any atom is -0.481 e. The lowest BCUT2D eigenvalue weighted by atomic mass is 10.2. The topological polar surface area (TPSA) is 105 Å². The third-order valence-corrected chi connectivity index (χ3v) is 2.68. The number of hydrogen-bond acceptors (Lipinski definition) is 6. The fourth-order valence-electron chi connectivity index (χ4n) is 1.49. The van der Waals surface area contributed by atoms with Gasteiger partial charge in [-0.2, -0.15) is 0 Å². The lowest BCUT2D eigenvalue weighted by Crippen LogP contribution is -2.23. The average molecular weight is 308 g/mol. The summed E-state index contributed by atoms with van der Waals surface area (Å²) in [6.45, 7) is 4.40. The summed E-state index contributed by atoms with van der Waals surface area (Å²) >= 11 is 0. The molecule has 0 aliphatic heterocycles. The van der Waals surface area contributed by atoms with Gasteiger partial charge in [0.2, 0.25) is 0 Å². The van der Waals surface area contributed by atoms with Crippen LogP contribution in [0.15, 0.2) is 0 Å². The Morgan fingerprint density at radius 2 is 1.57 bits per heavy atom.